The van der Waals surface area contributed by atoms with Crippen molar-refractivity contribution >= 4 is 5.97 Å². The quantitative estimate of drug-likeness (QED) is 0.773. The number of piperidine rings is 1. The maximum Gasteiger partial charge on any atom is 0.360 e. The third-order valence-corrected chi connectivity index (χ3v) is 6.29. The largest absolute Gasteiger partial charge is 0.464 e. The minimum atomic E-state index is -0.456. The Bertz CT molecular complexity index is 781. The Labute approximate surface area is 160 Å². The van der Waals surface area contributed by atoms with Crippen molar-refractivity contribution < 1.29 is 13.9 Å². The first-order valence-electron chi connectivity index (χ1n) is 9.61. The van der Waals surface area contributed by atoms with Gasteiger partial charge >= 0.3 is 5.97 Å². The lowest BCUT2D eigenvalue weighted by Crippen LogP contribution is -2.50. The standard InChI is InChI=1S/C21H27N3O3/c1-23-13-17(16-6-4-3-5-7-16)12-21(23)8-10-24(11-9-21)14-19-22-18(15-27-19)20(25)26-2/h3-7,15,17H,8-14H2,1-2H3/t17-/m0/s1. The Morgan fingerprint density at radius 3 is 2.74 bits per heavy atom. The Morgan fingerprint density at radius 1 is 1.30 bits per heavy atom. The molecule has 2 saturated heterocycles. The minimum Gasteiger partial charge on any atom is -0.464 e. The number of oxazole rings is 1. The molecule has 2 aliphatic rings. The first kappa shape index (κ1) is 18.2. The number of rotatable bonds is 4. The van der Waals surface area contributed by atoms with E-state index in [9.17, 15) is 4.79 Å². The lowest BCUT2D eigenvalue weighted by Gasteiger charge is -2.43. The van der Waals surface area contributed by atoms with E-state index in [-0.39, 0.29) is 5.69 Å². The number of carbonyl (C=O) groups excluding carboxylic acids is 1. The molecule has 0 unspecified atom stereocenters. The SMILES string of the molecule is COC(=O)c1coc(CN2CCC3(CC2)C[C@H](c2ccccc2)CN3C)n1. The third-order valence-electron chi connectivity index (χ3n) is 6.29. The van der Waals surface area contributed by atoms with E-state index in [1.807, 2.05) is 0 Å². The van der Waals surface area contributed by atoms with Crippen molar-refractivity contribution in [3.63, 3.8) is 0 Å². The van der Waals surface area contributed by atoms with Crippen molar-refractivity contribution in [1.82, 2.24) is 14.8 Å². The van der Waals surface area contributed by atoms with E-state index >= 15 is 0 Å². The number of likely N-dealkylation sites (N-methyl/N-ethyl adjacent to an activating group) is 1. The summed E-state index contributed by atoms with van der Waals surface area (Å²) in [6.45, 7) is 3.80. The highest BCUT2D eigenvalue weighted by Crippen LogP contribution is 2.44. The van der Waals surface area contributed by atoms with Gasteiger partial charge in [-0.25, -0.2) is 9.78 Å². The fourth-order valence-corrected chi connectivity index (χ4v) is 4.64. The average Bonchev–Trinajstić information content (AvgIpc) is 3.29. The summed E-state index contributed by atoms with van der Waals surface area (Å²) in [6, 6.07) is 10.9. The summed E-state index contributed by atoms with van der Waals surface area (Å²) in [5.41, 5.74) is 1.99. The molecular weight excluding hydrogens is 342 g/mol. The number of nitrogens with zero attached hydrogens (tertiary/aromatic N) is 3. The Kier molecular flexibility index (Phi) is 5.02. The molecule has 0 saturated carbocycles. The van der Waals surface area contributed by atoms with Crippen LogP contribution in [0.15, 0.2) is 41.0 Å². The molecule has 1 spiro atoms. The van der Waals surface area contributed by atoms with Crippen LogP contribution >= 0.6 is 0 Å². The van der Waals surface area contributed by atoms with Crippen molar-refractivity contribution in [2.45, 2.75) is 37.3 Å². The predicted octanol–water partition coefficient (Wildman–Crippen LogP) is 2.92. The van der Waals surface area contributed by atoms with E-state index in [1.54, 1.807) is 0 Å². The normalized spacial score (nSPS) is 23.0. The summed E-state index contributed by atoms with van der Waals surface area (Å²) in [7, 11) is 3.62. The first-order chi connectivity index (χ1) is 13.1. The van der Waals surface area contributed by atoms with Gasteiger partial charge in [-0.3, -0.25) is 9.80 Å². The van der Waals surface area contributed by atoms with Crippen molar-refractivity contribution in [3.8, 4) is 0 Å². The molecule has 1 aromatic carbocycles. The second-order valence-electron chi connectivity index (χ2n) is 7.81. The molecule has 0 radical (unpaired) electrons. The summed E-state index contributed by atoms with van der Waals surface area (Å²) in [5.74, 6) is 0.743. The number of methoxy groups -OCH3 is 1. The molecule has 6 nitrogen and oxygen atoms in total. The van der Waals surface area contributed by atoms with Crippen LogP contribution in [-0.2, 0) is 11.3 Å². The van der Waals surface area contributed by atoms with E-state index in [1.165, 1.54) is 25.4 Å². The zero-order chi connectivity index (χ0) is 18.9. The van der Waals surface area contributed by atoms with Crippen LogP contribution in [-0.4, -0.2) is 60.1 Å². The van der Waals surface area contributed by atoms with Crippen LogP contribution in [0.4, 0.5) is 0 Å². The zero-order valence-corrected chi connectivity index (χ0v) is 16.1. The number of hydrogen-bond acceptors (Lipinski definition) is 6. The van der Waals surface area contributed by atoms with Gasteiger partial charge in [-0.05, 0) is 37.8 Å². The molecule has 3 heterocycles. The van der Waals surface area contributed by atoms with Crippen LogP contribution in [0.3, 0.4) is 0 Å². The van der Waals surface area contributed by atoms with Crippen LogP contribution in [0.1, 0.15) is 47.1 Å². The highest BCUT2D eigenvalue weighted by atomic mass is 16.5. The van der Waals surface area contributed by atoms with Crippen LogP contribution in [0, 0.1) is 0 Å². The monoisotopic (exact) mass is 369 g/mol. The zero-order valence-electron chi connectivity index (χ0n) is 16.1. The molecule has 2 aromatic rings. The van der Waals surface area contributed by atoms with Crippen molar-refractivity contribution in [2.75, 3.05) is 33.8 Å². The maximum atomic E-state index is 11.5. The van der Waals surface area contributed by atoms with Crippen LogP contribution < -0.4 is 0 Å². The van der Waals surface area contributed by atoms with E-state index in [0.717, 1.165) is 32.5 Å². The Hall–Kier alpha value is -2.18. The number of hydrogen-bond donors (Lipinski definition) is 0. The van der Waals surface area contributed by atoms with Gasteiger partial charge in [0.1, 0.15) is 6.26 Å². The summed E-state index contributed by atoms with van der Waals surface area (Å²) in [5, 5.41) is 0. The Morgan fingerprint density at radius 2 is 2.04 bits per heavy atom. The van der Waals surface area contributed by atoms with Crippen molar-refractivity contribution in [1.29, 1.82) is 0 Å². The molecule has 6 heteroatoms. The highest BCUT2D eigenvalue weighted by Gasteiger charge is 2.45. The molecule has 0 aliphatic carbocycles. The van der Waals surface area contributed by atoms with Gasteiger partial charge in [0.25, 0.3) is 0 Å². The summed E-state index contributed by atoms with van der Waals surface area (Å²) < 4.78 is 10.1. The van der Waals surface area contributed by atoms with Gasteiger partial charge in [0.15, 0.2) is 5.69 Å². The number of aromatic nitrogens is 1. The second-order valence-corrected chi connectivity index (χ2v) is 7.81. The highest BCUT2D eigenvalue weighted by molar-refractivity contribution is 5.86. The molecule has 1 aromatic heterocycles. The van der Waals surface area contributed by atoms with Gasteiger partial charge in [-0.15, -0.1) is 0 Å². The molecule has 2 fully saturated rings. The maximum absolute atomic E-state index is 11.5. The van der Waals surface area contributed by atoms with Crippen molar-refractivity contribution in [3.05, 3.63) is 53.7 Å². The average molecular weight is 369 g/mol. The van der Waals surface area contributed by atoms with E-state index in [0.29, 0.717) is 23.9 Å². The van der Waals surface area contributed by atoms with E-state index < -0.39 is 5.97 Å². The number of esters is 1. The van der Waals surface area contributed by atoms with Gasteiger partial charge in [-0.2, -0.15) is 0 Å². The molecule has 1 atom stereocenters. The van der Waals surface area contributed by atoms with Crippen LogP contribution in [0.2, 0.25) is 0 Å². The fourth-order valence-electron chi connectivity index (χ4n) is 4.64. The number of carbonyl (C=O) groups is 1. The summed E-state index contributed by atoms with van der Waals surface area (Å²) in [6.07, 6.45) is 4.91. The summed E-state index contributed by atoms with van der Waals surface area (Å²) >= 11 is 0. The molecule has 4 rings (SSSR count). The second kappa shape index (κ2) is 7.44. The van der Waals surface area contributed by atoms with Gasteiger partial charge in [0, 0.05) is 25.2 Å². The third kappa shape index (κ3) is 3.64. The molecule has 0 amide bonds. The molecule has 27 heavy (non-hydrogen) atoms. The van der Waals surface area contributed by atoms with Gasteiger partial charge < -0.3 is 9.15 Å². The first-order valence-corrected chi connectivity index (χ1v) is 9.61. The molecule has 144 valence electrons. The molecule has 2 aliphatic heterocycles. The molecular formula is C21H27N3O3. The molecule has 0 N–H and O–H groups in total. The number of benzene rings is 1. The lowest BCUT2D eigenvalue weighted by atomic mass is 9.81. The van der Waals surface area contributed by atoms with Crippen LogP contribution in [0.5, 0.6) is 0 Å². The van der Waals surface area contributed by atoms with Crippen LogP contribution in [0.25, 0.3) is 0 Å². The Balaban J connectivity index is 1.36. The van der Waals surface area contributed by atoms with E-state index in [2.05, 4.69) is 56.9 Å². The smallest absolute Gasteiger partial charge is 0.360 e. The van der Waals surface area contributed by atoms with Gasteiger partial charge in [-0.1, -0.05) is 30.3 Å². The van der Waals surface area contributed by atoms with Gasteiger partial charge in [0.05, 0.1) is 13.7 Å². The topological polar surface area (TPSA) is 58.8 Å². The van der Waals surface area contributed by atoms with E-state index in [4.69, 9.17) is 4.42 Å². The van der Waals surface area contributed by atoms with Gasteiger partial charge in [0.2, 0.25) is 5.89 Å². The molecule has 0 bridgehead atoms. The number of likely N-dealkylation sites (tertiary alicyclic amines) is 2. The van der Waals surface area contributed by atoms with Crippen molar-refractivity contribution in [2.24, 2.45) is 0 Å². The number of ether oxygens (including phenoxy) is 1. The lowest BCUT2D eigenvalue weighted by molar-refractivity contribution is 0.0593. The summed E-state index contributed by atoms with van der Waals surface area (Å²) in [4.78, 5) is 20.7. The predicted molar refractivity (Wildman–Crippen MR) is 102 cm³/mol. The minimum absolute atomic E-state index is 0.238. The fraction of sp³-hybridized carbons (Fsp3) is 0.524.